The Hall–Kier alpha value is -2.56. The van der Waals surface area contributed by atoms with E-state index in [2.05, 4.69) is 15.9 Å². The molecule has 1 aliphatic rings. The van der Waals surface area contributed by atoms with Crippen LogP contribution >= 0.6 is 27.7 Å². The van der Waals surface area contributed by atoms with E-state index in [1.807, 2.05) is 37.3 Å². The summed E-state index contributed by atoms with van der Waals surface area (Å²) >= 11 is 4.57. The van der Waals surface area contributed by atoms with Crippen molar-refractivity contribution in [2.24, 2.45) is 5.73 Å². The number of nitriles is 1. The zero-order chi connectivity index (χ0) is 19.6. The normalized spacial score (nSPS) is 18.3. The summed E-state index contributed by atoms with van der Waals surface area (Å²) in [5.74, 6) is -1.02. The van der Waals surface area contributed by atoms with Gasteiger partial charge in [0.15, 0.2) is 0 Å². The van der Waals surface area contributed by atoms with E-state index in [9.17, 15) is 14.9 Å². The van der Waals surface area contributed by atoms with E-state index in [1.54, 1.807) is 24.3 Å². The van der Waals surface area contributed by atoms with E-state index < -0.39 is 11.2 Å². The molecule has 0 saturated carbocycles. The van der Waals surface area contributed by atoms with Crippen molar-refractivity contribution in [3.63, 3.8) is 0 Å². The van der Waals surface area contributed by atoms with Crippen LogP contribution in [0.15, 0.2) is 63.6 Å². The Morgan fingerprint density at radius 2 is 1.85 bits per heavy atom. The Balaban J connectivity index is 2.01. The minimum Gasteiger partial charge on any atom is -0.365 e. The minimum atomic E-state index is -0.842. The second-order valence-corrected chi connectivity index (χ2v) is 8.21. The standard InChI is InChI=1S/C20H16BrN3O2S/c1-12-2-4-13(5-3-12)10-17-19(26)24(15-8-6-14(21)7-9-15)20(27-17)16(11-22)18(23)25/h2-9,17H,10H2,1H3,(H2,23,25)/b20-16-. The van der Waals surface area contributed by atoms with Crippen molar-refractivity contribution in [1.82, 2.24) is 0 Å². The van der Waals surface area contributed by atoms with Gasteiger partial charge in [-0.3, -0.25) is 14.5 Å². The number of amides is 2. The average molecular weight is 442 g/mol. The third-order valence-electron chi connectivity index (χ3n) is 4.15. The molecule has 2 aromatic rings. The SMILES string of the molecule is Cc1ccc(CC2S/C(=C(/C#N)C(N)=O)N(c3ccc(Br)cc3)C2=O)cc1. The molecule has 1 heterocycles. The summed E-state index contributed by atoms with van der Waals surface area (Å²) in [6.45, 7) is 2.00. The van der Waals surface area contributed by atoms with Crippen LogP contribution in [0.2, 0.25) is 0 Å². The summed E-state index contributed by atoms with van der Waals surface area (Å²) in [5.41, 5.74) is 7.91. The lowest BCUT2D eigenvalue weighted by atomic mass is 10.1. The first-order valence-electron chi connectivity index (χ1n) is 8.16. The first-order valence-corrected chi connectivity index (χ1v) is 9.84. The second-order valence-electron chi connectivity index (χ2n) is 6.10. The van der Waals surface area contributed by atoms with Crippen molar-refractivity contribution >= 4 is 45.2 Å². The zero-order valence-corrected chi connectivity index (χ0v) is 16.9. The molecule has 27 heavy (non-hydrogen) atoms. The highest BCUT2D eigenvalue weighted by Gasteiger charge is 2.40. The summed E-state index contributed by atoms with van der Waals surface area (Å²) in [7, 11) is 0. The quantitative estimate of drug-likeness (QED) is 0.578. The number of nitrogens with zero attached hydrogens (tertiary/aromatic N) is 2. The average Bonchev–Trinajstić information content (AvgIpc) is 2.94. The monoisotopic (exact) mass is 441 g/mol. The molecule has 1 saturated heterocycles. The summed E-state index contributed by atoms with van der Waals surface area (Å²) in [4.78, 5) is 26.3. The lowest BCUT2D eigenvalue weighted by molar-refractivity contribution is -0.117. The molecule has 0 aliphatic carbocycles. The van der Waals surface area contributed by atoms with Gasteiger partial charge in [-0.1, -0.05) is 57.5 Å². The van der Waals surface area contributed by atoms with Crippen molar-refractivity contribution in [2.45, 2.75) is 18.6 Å². The van der Waals surface area contributed by atoms with Crippen molar-refractivity contribution in [3.05, 3.63) is 74.7 Å². The largest absolute Gasteiger partial charge is 0.365 e. The van der Waals surface area contributed by atoms with Gasteiger partial charge in [-0.15, -0.1) is 0 Å². The molecule has 0 bridgehead atoms. The fourth-order valence-corrected chi connectivity index (χ4v) is 4.34. The number of nitrogens with two attached hydrogens (primary N) is 1. The fraction of sp³-hybridized carbons (Fsp3) is 0.150. The van der Waals surface area contributed by atoms with Crippen LogP contribution in [-0.2, 0) is 16.0 Å². The predicted molar refractivity (Wildman–Crippen MR) is 110 cm³/mol. The maximum Gasteiger partial charge on any atom is 0.262 e. The minimum absolute atomic E-state index is 0.174. The number of hydrogen-bond donors (Lipinski definition) is 1. The lowest BCUT2D eigenvalue weighted by Gasteiger charge is -2.18. The highest BCUT2D eigenvalue weighted by atomic mass is 79.9. The lowest BCUT2D eigenvalue weighted by Crippen LogP contribution is -2.31. The number of primary amides is 1. The van der Waals surface area contributed by atoms with Gasteiger partial charge < -0.3 is 5.73 Å². The zero-order valence-electron chi connectivity index (χ0n) is 14.5. The Labute approximate surface area is 170 Å². The number of thioether (sulfide) groups is 1. The molecule has 136 valence electrons. The van der Waals surface area contributed by atoms with Gasteiger partial charge in [0.25, 0.3) is 5.91 Å². The molecule has 2 aromatic carbocycles. The topological polar surface area (TPSA) is 87.2 Å². The second kappa shape index (κ2) is 7.99. The van der Waals surface area contributed by atoms with Gasteiger partial charge in [0.05, 0.1) is 5.25 Å². The number of rotatable bonds is 4. The molecule has 1 unspecified atom stereocenters. The van der Waals surface area contributed by atoms with Crippen molar-refractivity contribution in [1.29, 1.82) is 5.26 Å². The van der Waals surface area contributed by atoms with Gasteiger partial charge in [-0.25, -0.2) is 0 Å². The van der Waals surface area contributed by atoms with E-state index in [-0.39, 0.29) is 16.5 Å². The van der Waals surface area contributed by atoms with Crippen LogP contribution in [0, 0.1) is 18.3 Å². The molecular weight excluding hydrogens is 426 g/mol. The van der Waals surface area contributed by atoms with Gasteiger partial charge in [0.2, 0.25) is 5.91 Å². The molecule has 2 N–H and O–H groups in total. The Kier molecular flexibility index (Phi) is 5.68. The van der Waals surface area contributed by atoms with Gasteiger partial charge in [0, 0.05) is 10.2 Å². The number of aryl methyl sites for hydroxylation is 1. The third kappa shape index (κ3) is 4.07. The van der Waals surface area contributed by atoms with E-state index in [4.69, 9.17) is 5.73 Å². The summed E-state index contributed by atoms with van der Waals surface area (Å²) in [6.07, 6.45) is 0.498. The Morgan fingerprint density at radius 1 is 1.22 bits per heavy atom. The van der Waals surface area contributed by atoms with Crippen molar-refractivity contribution < 1.29 is 9.59 Å². The maximum absolute atomic E-state index is 13.1. The fourth-order valence-electron chi connectivity index (χ4n) is 2.76. The molecule has 1 aliphatic heterocycles. The van der Waals surface area contributed by atoms with Crippen LogP contribution in [0.4, 0.5) is 5.69 Å². The van der Waals surface area contributed by atoms with Crippen LogP contribution < -0.4 is 10.6 Å². The van der Waals surface area contributed by atoms with E-state index in [0.717, 1.165) is 15.6 Å². The number of benzene rings is 2. The van der Waals surface area contributed by atoms with Crippen molar-refractivity contribution in [2.75, 3.05) is 4.90 Å². The molecule has 7 heteroatoms. The van der Waals surface area contributed by atoms with Gasteiger partial charge >= 0.3 is 0 Å². The number of hydrogen-bond acceptors (Lipinski definition) is 4. The van der Waals surface area contributed by atoms with Crippen LogP contribution in [0.5, 0.6) is 0 Å². The third-order valence-corrected chi connectivity index (χ3v) is 5.94. The molecule has 0 spiro atoms. The smallest absolute Gasteiger partial charge is 0.262 e. The molecule has 0 aromatic heterocycles. The van der Waals surface area contributed by atoms with E-state index >= 15 is 0 Å². The summed E-state index contributed by atoms with van der Waals surface area (Å²) in [5, 5.41) is 9.24. The first-order chi connectivity index (χ1) is 12.9. The van der Waals surface area contributed by atoms with Gasteiger partial charge in [-0.05, 0) is 43.2 Å². The summed E-state index contributed by atoms with van der Waals surface area (Å²) in [6, 6.07) is 16.9. The van der Waals surface area contributed by atoms with Crippen molar-refractivity contribution in [3.8, 4) is 6.07 Å². The molecular formula is C20H16BrN3O2S. The maximum atomic E-state index is 13.1. The Bertz CT molecular complexity index is 962. The van der Waals surface area contributed by atoms with Gasteiger partial charge in [0.1, 0.15) is 16.7 Å². The van der Waals surface area contributed by atoms with Crippen LogP contribution in [0.25, 0.3) is 0 Å². The molecule has 0 radical (unpaired) electrons. The van der Waals surface area contributed by atoms with Gasteiger partial charge in [-0.2, -0.15) is 5.26 Å². The molecule has 2 amide bonds. The molecule has 3 rings (SSSR count). The summed E-state index contributed by atoms with van der Waals surface area (Å²) < 4.78 is 0.864. The van der Waals surface area contributed by atoms with Crippen LogP contribution in [-0.4, -0.2) is 17.1 Å². The Morgan fingerprint density at radius 3 is 2.41 bits per heavy atom. The number of halogens is 1. The first kappa shape index (κ1) is 19.2. The van der Waals surface area contributed by atoms with Crippen LogP contribution in [0.3, 0.4) is 0 Å². The van der Waals surface area contributed by atoms with Crippen LogP contribution in [0.1, 0.15) is 11.1 Å². The predicted octanol–water partition coefficient (Wildman–Crippen LogP) is 3.67. The molecule has 1 atom stereocenters. The van der Waals surface area contributed by atoms with E-state index in [1.165, 1.54) is 16.7 Å². The number of anilines is 1. The number of carbonyl (C=O) groups is 2. The molecule has 1 fully saturated rings. The highest BCUT2D eigenvalue weighted by Crippen LogP contribution is 2.42. The molecule has 5 nitrogen and oxygen atoms in total. The highest BCUT2D eigenvalue weighted by molar-refractivity contribution is 9.10. The number of carbonyl (C=O) groups excluding carboxylic acids is 2. The van der Waals surface area contributed by atoms with E-state index in [0.29, 0.717) is 12.1 Å².